The number of alkyl halides is 1. The van der Waals surface area contributed by atoms with Crippen molar-refractivity contribution < 1.29 is 4.21 Å². The van der Waals surface area contributed by atoms with Crippen molar-refractivity contribution in [2.45, 2.75) is 0 Å². The van der Waals surface area contributed by atoms with Crippen LogP contribution in [0.2, 0.25) is 0 Å². The molecule has 0 unspecified atom stereocenters. The lowest BCUT2D eigenvalue weighted by atomic mass is 10.2. The van der Waals surface area contributed by atoms with Gasteiger partial charge in [-0.1, -0.05) is 15.9 Å². The largest absolute Gasteiger partial charge is 0.260 e. The lowest BCUT2D eigenvalue weighted by Crippen LogP contribution is -2.31. The second-order valence-corrected chi connectivity index (χ2v) is 3.99. The van der Waals surface area contributed by atoms with Crippen molar-refractivity contribution in [2.75, 3.05) is 16.8 Å². The predicted octanol–water partition coefficient (Wildman–Crippen LogP) is 0.760. The molecular formula is C4H7BrOS. The van der Waals surface area contributed by atoms with Gasteiger partial charge in [-0.3, -0.25) is 4.21 Å². The van der Waals surface area contributed by atoms with Crippen LogP contribution in [0, 0.1) is 5.92 Å². The predicted molar refractivity (Wildman–Crippen MR) is 35.2 cm³/mol. The van der Waals surface area contributed by atoms with Crippen LogP contribution in [-0.2, 0) is 10.8 Å². The number of rotatable bonds is 1. The molecule has 1 rings (SSSR count). The molecule has 0 aromatic carbocycles. The molecule has 0 atom stereocenters. The Morgan fingerprint density at radius 3 is 2.43 bits per heavy atom. The molecule has 3 heteroatoms. The molecule has 0 aromatic heterocycles. The van der Waals surface area contributed by atoms with Gasteiger partial charge in [-0.2, -0.15) is 0 Å². The third-order valence-corrected chi connectivity index (χ3v) is 3.66. The van der Waals surface area contributed by atoms with Crippen LogP contribution in [0.5, 0.6) is 0 Å². The van der Waals surface area contributed by atoms with E-state index in [1.165, 1.54) is 0 Å². The molecule has 0 aliphatic carbocycles. The standard InChI is InChI=1S/C4H7BrOS/c5-1-4-2-7(6)3-4/h4H,1-3H2. The Kier molecular flexibility index (Phi) is 1.87. The second-order valence-electron chi connectivity index (χ2n) is 1.79. The molecule has 1 fully saturated rings. The van der Waals surface area contributed by atoms with Crippen molar-refractivity contribution >= 4 is 26.7 Å². The van der Waals surface area contributed by atoms with E-state index < -0.39 is 10.8 Å². The van der Waals surface area contributed by atoms with E-state index in [2.05, 4.69) is 15.9 Å². The molecule has 1 aliphatic rings. The Balaban J connectivity index is 2.17. The summed E-state index contributed by atoms with van der Waals surface area (Å²) in [5, 5.41) is 1.03. The Morgan fingerprint density at radius 2 is 2.29 bits per heavy atom. The van der Waals surface area contributed by atoms with Crippen LogP contribution in [0.25, 0.3) is 0 Å². The molecule has 42 valence electrons. The summed E-state index contributed by atoms with van der Waals surface area (Å²) in [6.07, 6.45) is 0. The Hall–Kier alpha value is 0.630. The molecule has 1 heterocycles. The first kappa shape index (κ1) is 5.76. The maximum atomic E-state index is 10.4. The van der Waals surface area contributed by atoms with E-state index >= 15 is 0 Å². The average Bonchev–Trinajstić information content (AvgIpc) is 1.58. The Bertz CT molecular complexity index is 85.7. The van der Waals surface area contributed by atoms with Gasteiger partial charge in [-0.05, 0) is 5.92 Å². The number of hydrogen-bond acceptors (Lipinski definition) is 1. The minimum atomic E-state index is -0.452. The zero-order chi connectivity index (χ0) is 5.28. The van der Waals surface area contributed by atoms with Crippen LogP contribution in [0.3, 0.4) is 0 Å². The summed E-state index contributed by atoms with van der Waals surface area (Å²) < 4.78 is 10.4. The summed E-state index contributed by atoms with van der Waals surface area (Å²) in [5.74, 6) is 2.55. The van der Waals surface area contributed by atoms with Crippen LogP contribution in [0.4, 0.5) is 0 Å². The molecule has 1 nitrogen and oxygen atoms in total. The molecule has 0 aromatic rings. The van der Waals surface area contributed by atoms with Crippen molar-refractivity contribution in [2.24, 2.45) is 5.92 Å². The van der Waals surface area contributed by atoms with Crippen LogP contribution >= 0.6 is 15.9 Å². The summed E-state index contributed by atoms with van der Waals surface area (Å²) in [5.41, 5.74) is 0. The second kappa shape index (κ2) is 2.27. The fourth-order valence-electron chi connectivity index (χ4n) is 0.566. The maximum absolute atomic E-state index is 10.4. The Morgan fingerprint density at radius 1 is 1.71 bits per heavy atom. The van der Waals surface area contributed by atoms with Crippen LogP contribution < -0.4 is 0 Å². The molecule has 0 N–H and O–H groups in total. The van der Waals surface area contributed by atoms with Gasteiger partial charge in [0.05, 0.1) is 0 Å². The van der Waals surface area contributed by atoms with Gasteiger partial charge in [0.2, 0.25) is 0 Å². The van der Waals surface area contributed by atoms with Crippen molar-refractivity contribution in [1.82, 2.24) is 0 Å². The molecule has 0 radical (unpaired) electrons. The third kappa shape index (κ3) is 1.26. The fourth-order valence-corrected chi connectivity index (χ4v) is 2.82. The average molecular weight is 183 g/mol. The van der Waals surface area contributed by atoms with Crippen LogP contribution in [-0.4, -0.2) is 21.0 Å². The van der Waals surface area contributed by atoms with Gasteiger partial charge < -0.3 is 0 Å². The smallest absolute Gasteiger partial charge is 0.0280 e. The van der Waals surface area contributed by atoms with Gasteiger partial charge in [-0.15, -0.1) is 0 Å². The summed E-state index contributed by atoms with van der Waals surface area (Å²) >= 11 is 3.32. The van der Waals surface area contributed by atoms with E-state index in [-0.39, 0.29) is 0 Å². The highest BCUT2D eigenvalue weighted by molar-refractivity contribution is 9.09. The van der Waals surface area contributed by atoms with E-state index in [4.69, 9.17) is 0 Å². The first-order valence-corrected chi connectivity index (χ1v) is 4.85. The van der Waals surface area contributed by atoms with E-state index in [1.54, 1.807) is 0 Å². The van der Waals surface area contributed by atoms with Crippen LogP contribution in [0.1, 0.15) is 0 Å². The van der Waals surface area contributed by atoms with Crippen molar-refractivity contribution in [3.63, 3.8) is 0 Å². The molecule has 0 bridgehead atoms. The highest BCUT2D eigenvalue weighted by Gasteiger charge is 2.23. The normalized spacial score (nSPS) is 40.1. The van der Waals surface area contributed by atoms with Gasteiger partial charge in [0.15, 0.2) is 0 Å². The molecule has 7 heavy (non-hydrogen) atoms. The van der Waals surface area contributed by atoms with E-state index in [9.17, 15) is 4.21 Å². The van der Waals surface area contributed by atoms with Crippen molar-refractivity contribution in [3.05, 3.63) is 0 Å². The molecule has 1 aliphatic heterocycles. The minimum absolute atomic E-state index is 0.452. The summed E-state index contributed by atoms with van der Waals surface area (Å²) in [7, 11) is -0.452. The monoisotopic (exact) mass is 182 g/mol. The third-order valence-electron chi connectivity index (χ3n) is 1.06. The lowest BCUT2D eigenvalue weighted by Gasteiger charge is -2.21. The maximum Gasteiger partial charge on any atom is 0.0280 e. The van der Waals surface area contributed by atoms with Crippen molar-refractivity contribution in [1.29, 1.82) is 0 Å². The van der Waals surface area contributed by atoms with Gasteiger partial charge in [0.1, 0.15) is 0 Å². The summed E-state index contributed by atoms with van der Waals surface area (Å²) in [4.78, 5) is 0. The molecular weight excluding hydrogens is 176 g/mol. The number of halogens is 1. The first-order chi connectivity index (χ1) is 3.33. The van der Waals surface area contributed by atoms with Gasteiger partial charge in [-0.25, -0.2) is 0 Å². The molecule has 0 saturated carbocycles. The van der Waals surface area contributed by atoms with Gasteiger partial charge in [0, 0.05) is 27.6 Å². The Labute approximate surface area is 54.1 Å². The van der Waals surface area contributed by atoms with E-state index in [0.717, 1.165) is 16.8 Å². The molecule has 0 spiro atoms. The van der Waals surface area contributed by atoms with Crippen molar-refractivity contribution in [3.8, 4) is 0 Å². The molecule has 1 saturated heterocycles. The lowest BCUT2D eigenvalue weighted by molar-refractivity contribution is 0.630. The van der Waals surface area contributed by atoms with E-state index in [1.807, 2.05) is 0 Å². The van der Waals surface area contributed by atoms with E-state index in [0.29, 0.717) is 5.92 Å². The van der Waals surface area contributed by atoms with Gasteiger partial charge >= 0.3 is 0 Å². The SMILES string of the molecule is O=S1CC(CBr)C1. The molecule has 0 amide bonds. The zero-order valence-corrected chi connectivity index (χ0v) is 6.30. The quantitative estimate of drug-likeness (QED) is 0.548. The summed E-state index contributed by atoms with van der Waals surface area (Å²) in [6, 6.07) is 0. The fraction of sp³-hybridized carbons (Fsp3) is 1.00. The summed E-state index contributed by atoms with van der Waals surface area (Å²) in [6.45, 7) is 0. The highest BCUT2D eigenvalue weighted by atomic mass is 79.9. The first-order valence-electron chi connectivity index (χ1n) is 2.24. The van der Waals surface area contributed by atoms with Crippen LogP contribution in [0.15, 0.2) is 0 Å². The highest BCUT2D eigenvalue weighted by Crippen LogP contribution is 2.15. The minimum Gasteiger partial charge on any atom is -0.260 e. The topological polar surface area (TPSA) is 17.1 Å². The van der Waals surface area contributed by atoms with Gasteiger partial charge in [0.25, 0.3) is 0 Å². The number of hydrogen-bond donors (Lipinski definition) is 0. The zero-order valence-electron chi connectivity index (χ0n) is 3.89.